The molecule has 0 bridgehead atoms. The van der Waals surface area contributed by atoms with Gasteiger partial charge in [0.1, 0.15) is 0 Å². The highest BCUT2D eigenvalue weighted by molar-refractivity contribution is 7.89. The molecule has 0 saturated heterocycles. The topological polar surface area (TPSA) is 164 Å². The Morgan fingerprint density at radius 2 is 2.00 bits per heavy atom. The second-order valence-electron chi connectivity index (χ2n) is 6.16. The molecule has 7 N–H and O–H groups in total. The first-order valence-electron chi connectivity index (χ1n) is 7.73. The third-order valence-corrected chi connectivity index (χ3v) is 6.26. The first-order valence-corrected chi connectivity index (χ1v) is 9.59. The van der Waals surface area contributed by atoms with Crippen molar-refractivity contribution in [2.45, 2.75) is 36.0 Å². The summed E-state index contributed by atoms with van der Waals surface area (Å²) in [6, 6.07) is 4.23. The average molecular weight is 400 g/mol. The molecule has 140 valence electrons. The molecular formula is C15H18ClN5O4S. The van der Waals surface area contributed by atoms with Gasteiger partial charge < -0.3 is 21.7 Å². The number of hydrogen-bond acceptors (Lipinski definition) is 6. The van der Waals surface area contributed by atoms with Crippen molar-refractivity contribution in [2.75, 3.05) is 0 Å². The number of hydrogen-bond donors (Lipinski definition) is 5. The van der Waals surface area contributed by atoms with Gasteiger partial charge in [0, 0.05) is 17.0 Å². The van der Waals surface area contributed by atoms with Crippen LogP contribution in [0.4, 0.5) is 5.82 Å². The third kappa shape index (κ3) is 3.33. The van der Waals surface area contributed by atoms with Crippen molar-refractivity contribution in [1.29, 1.82) is 0 Å². The normalized spacial score (nSPS) is 16.5. The van der Waals surface area contributed by atoms with Crippen molar-refractivity contribution in [1.82, 2.24) is 9.71 Å². The predicted octanol–water partition coefficient (Wildman–Crippen LogP) is 0.305. The standard InChI is InChI=1S/C15H18ClN5O4S/c16-11-7-19-12(20-14(17)18)10-6-8(2-3-9(10)11)26(24,25)21-15(13(22)23)4-1-5-15/h2-3,6-7,13,21-23H,1,4-5H2,(H4,17,18,19,20). The number of aliphatic imine (C=N–C) groups is 1. The lowest BCUT2D eigenvalue weighted by Crippen LogP contribution is -2.60. The fraction of sp³-hybridized carbons (Fsp3) is 0.333. The van der Waals surface area contributed by atoms with E-state index in [0.717, 1.165) is 0 Å². The molecule has 0 atom stereocenters. The molecule has 0 unspecified atom stereocenters. The van der Waals surface area contributed by atoms with Gasteiger partial charge in [0.05, 0.1) is 15.5 Å². The zero-order chi connectivity index (χ0) is 19.1. The number of aliphatic hydroxyl groups excluding tert-OH is 1. The number of halogens is 1. The Balaban J connectivity index is 2.09. The van der Waals surface area contributed by atoms with Gasteiger partial charge in [-0.2, -0.15) is 9.71 Å². The molecule has 1 aliphatic carbocycles. The molecule has 1 aromatic carbocycles. The summed E-state index contributed by atoms with van der Waals surface area (Å²) in [6.45, 7) is 0. The number of nitrogens with zero attached hydrogens (tertiary/aromatic N) is 2. The number of benzene rings is 1. The Hall–Kier alpha value is -1.98. The molecule has 0 radical (unpaired) electrons. The Morgan fingerprint density at radius 1 is 1.31 bits per heavy atom. The van der Waals surface area contributed by atoms with Crippen LogP contribution in [0.3, 0.4) is 0 Å². The van der Waals surface area contributed by atoms with Crippen LogP contribution in [0, 0.1) is 0 Å². The van der Waals surface area contributed by atoms with Crippen molar-refractivity contribution in [3.63, 3.8) is 0 Å². The van der Waals surface area contributed by atoms with Gasteiger partial charge in [-0.15, -0.1) is 0 Å². The Labute approximate surface area is 154 Å². The summed E-state index contributed by atoms with van der Waals surface area (Å²) < 4.78 is 27.9. The van der Waals surface area contributed by atoms with Gasteiger partial charge >= 0.3 is 0 Å². The molecule has 0 aliphatic heterocycles. The zero-order valence-corrected chi connectivity index (χ0v) is 15.1. The van der Waals surface area contributed by atoms with Gasteiger partial charge in [-0.1, -0.05) is 17.7 Å². The summed E-state index contributed by atoms with van der Waals surface area (Å²) in [5.41, 5.74) is 9.50. The number of sulfonamides is 1. The molecule has 1 aliphatic rings. The maximum absolute atomic E-state index is 12.7. The second-order valence-corrected chi connectivity index (χ2v) is 8.25. The summed E-state index contributed by atoms with van der Waals surface area (Å²) in [6.07, 6.45) is 0.948. The van der Waals surface area contributed by atoms with Crippen LogP contribution in [0.5, 0.6) is 0 Å². The van der Waals surface area contributed by atoms with Gasteiger partial charge in [0.25, 0.3) is 0 Å². The summed E-state index contributed by atoms with van der Waals surface area (Å²) in [5.74, 6) is -0.105. The van der Waals surface area contributed by atoms with E-state index in [9.17, 15) is 18.6 Å². The number of pyridine rings is 1. The van der Waals surface area contributed by atoms with E-state index in [4.69, 9.17) is 23.1 Å². The highest BCUT2D eigenvalue weighted by Gasteiger charge is 2.46. The van der Waals surface area contributed by atoms with E-state index < -0.39 is 21.9 Å². The van der Waals surface area contributed by atoms with Crippen molar-refractivity contribution in [3.05, 3.63) is 29.4 Å². The molecule has 1 aromatic heterocycles. The van der Waals surface area contributed by atoms with Crippen molar-refractivity contribution >= 4 is 44.2 Å². The molecule has 26 heavy (non-hydrogen) atoms. The third-order valence-electron chi connectivity index (χ3n) is 4.41. The van der Waals surface area contributed by atoms with Gasteiger partial charge in [0.2, 0.25) is 10.0 Å². The highest BCUT2D eigenvalue weighted by atomic mass is 35.5. The number of nitrogens with one attached hydrogen (secondary N) is 1. The first kappa shape index (κ1) is 18.8. The molecule has 0 spiro atoms. The molecule has 2 aromatic rings. The summed E-state index contributed by atoms with van der Waals surface area (Å²) >= 11 is 6.11. The largest absolute Gasteiger partial charge is 0.370 e. The van der Waals surface area contributed by atoms with Crippen molar-refractivity contribution in [3.8, 4) is 0 Å². The van der Waals surface area contributed by atoms with E-state index in [1.807, 2.05) is 0 Å². The van der Waals surface area contributed by atoms with Crippen molar-refractivity contribution < 1.29 is 18.6 Å². The molecular weight excluding hydrogens is 382 g/mol. The average Bonchev–Trinajstić information content (AvgIpc) is 2.52. The minimum atomic E-state index is -4.03. The van der Waals surface area contributed by atoms with Crippen LogP contribution in [0.25, 0.3) is 10.8 Å². The van der Waals surface area contributed by atoms with Gasteiger partial charge in [-0.25, -0.2) is 13.4 Å². The van der Waals surface area contributed by atoms with Crippen molar-refractivity contribution in [2.24, 2.45) is 16.5 Å². The fourth-order valence-electron chi connectivity index (χ4n) is 2.85. The van der Waals surface area contributed by atoms with Crippen LogP contribution in [0.2, 0.25) is 5.02 Å². The number of aromatic nitrogens is 1. The SMILES string of the molecule is NC(N)=Nc1ncc(Cl)c2ccc(S(=O)(=O)NC3(C(O)O)CCC3)cc12. The second kappa shape index (κ2) is 6.63. The monoisotopic (exact) mass is 399 g/mol. The van der Waals surface area contributed by atoms with Gasteiger partial charge in [-0.05, 0) is 31.4 Å². The minimum absolute atomic E-state index is 0.0898. The molecule has 3 rings (SSSR count). The van der Waals surface area contributed by atoms with E-state index >= 15 is 0 Å². The van der Waals surface area contributed by atoms with Crippen LogP contribution in [0.15, 0.2) is 34.3 Å². The molecule has 1 fully saturated rings. The lowest BCUT2D eigenvalue weighted by atomic mass is 9.77. The lowest BCUT2D eigenvalue weighted by molar-refractivity contribution is -0.127. The number of fused-ring (bicyclic) bond motifs is 1. The number of guanidine groups is 1. The Kier molecular flexibility index (Phi) is 4.80. The van der Waals surface area contributed by atoms with Crippen LogP contribution < -0.4 is 16.2 Å². The van der Waals surface area contributed by atoms with E-state index in [2.05, 4.69) is 14.7 Å². The molecule has 1 heterocycles. The minimum Gasteiger partial charge on any atom is -0.370 e. The summed E-state index contributed by atoms with van der Waals surface area (Å²) in [7, 11) is -4.03. The maximum Gasteiger partial charge on any atom is 0.241 e. The molecule has 1 saturated carbocycles. The summed E-state index contributed by atoms with van der Waals surface area (Å²) in [5, 5.41) is 20.3. The van der Waals surface area contributed by atoms with Crippen LogP contribution in [-0.4, -0.2) is 41.4 Å². The smallest absolute Gasteiger partial charge is 0.241 e. The van der Waals surface area contributed by atoms with E-state index in [-0.39, 0.29) is 16.7 Å². The van der Waals surface area contributed by atoms with E-state index in [1.54, 1.807) is 0 Å². The van der Waals surface area contributed by atoms with E-state index in [1.165, 1.54) is 24.4 Å². The maximum atomic E-state index is 12.7. The first-order chi connectivity index (χ1) is 12.1. The fourth-order valence-corrected chi connectivity index (χ4v) is 4.55. The van der Waals surface area contributed by atoms with Gasteiger partial charge in [-0.3, -0.25) is 0 Å². The van der Waals surface area contributed by atoms with E-state index in [0.29, 0.717) is 35.1 Å². The highest BCUT2D eigenvalue weighted by Crippen LogP contribution is 2.37. The molecule has 9 nitrogen and oxygen atoms in total. The number of rotatable bonds is 5. The Bertz CT molecular complexity index is 985. The molecule has 11 heteroatoms. The van der Waals surface area contributed by atoms with Crippen LogP contribution in [-0.2, 0) is 10.0 Å². The quantitative estimate of drug-likeness (QED) is 0.274. The van der Waals surface area contributed by atoms with Gasteiger partial charge in [0.15, 0.2) is 18.1 Å². The number of nitrogens with two attached hydrogens (primary N) is 2. The van der Waals surface area contributed by atoms with Crippen LogP contribution >= 0.6 is 11.6 Å². The lowest BCUT2D eigenvalue weighted by Gasteiger charge is -2.43. The van der Waals surface area contributed by atoms with Crippen LogP contribution in [0.1, 0.15) is 19.3 Å². The Morgan fingerprint density at radius 3 is 2.54 bits per heavy atom. The number of aliphatic hydroxyl groups is 2. The predicted molar refractivity (Wildman–Crippen MR) is 97.4 cm³/mol. The molecule has 0 amide bonds. The summed E-state index contributed by atoms with van der Waals surface area (Å²) in [4.78, 5) is 7.82. The zero-order valence-electron chi connectivity index (χ0n) is 13.6.